The van der Waals surface area contributed by atoms with Crippen LogP contribution in [0.4, 0.5) is 0 Å². The minimum Gasteiger partial charge on any atom is -0.412 e. The average molecular weight is 347 g/mol. The van der Waals surface area contributed by atoms with Crippen LogP contribution in [0.2, 0.25) is 20.1 Å². The maximum atomic E-state index is 8.70. The molecule has 0 saturated heterocycles. The van der Waals surface area contributed by atoms with Crippen molar-refractivity contribution in [2.24, 2.45) is 0 Å². The summed E-state index contributed by atoms with van der Waals surface area (Å²) >= 11 is 22.8. The number of nitriles is 2. The molecule has 0 spiro atoms. The van der Waals surface area contributed by atoms with Crippen molar-refractivity contribution in [3.8, 4) is 12.1 Å². The zero-order chi connectivity index (χ0) is 10.9. The Morgan fingerprint density at radius 3 is 1.25 bits per heavy atom. The summed E-state index contributed by atoms with van der Waals surface area (Å²) in [6.07, 6.45) is 0. The summed E-state index contributed by atoms with van der Waals surface area (Å²) in [5.41, 5.74) is -0.0847. The molecule has 0 amide bonds. The third-order valence-corrected chi connectivity index (χ3v) is 3.19. The molecule has 0 atom stereocenters. The molecule has 0 aliphatic rings. The Balaban J connectivity index is 0. The molecule has 89 valence electrons. The standard InChI is InChI=1S/C8Cl4N2.Cu.H2O/c9-5-3(1-13)6(10)8(12)7(11)4(5)2-14;;/h;;1H2. The molecule has 1 aromatic rings. The Labute approximate surface area is 122 Å². The molecule has 16 heavy (non-hydrogen) atoms. The molecule has 0 bridgehead atoms. The van der Waals surface area contributed by atoms with E-state index in [1.807, 2.05) is 0 Å². The summed E-state index contributed by atoms with van der Waals surface area (Å²) in [5.74, 6) is 0. The molecule has 0 aliphatic heterocycles. The van der Waals surface area contributed by atoms with E-state index in [1.54, 1.807) is 12.1 Å². The van der Waals surface area contributed by atoms with Gasteiger partial charge in [0.15, 0.2) is 0 Å². The molecule has 1 rings (SSSR count). The van der Waals surface area contributed by atoms with Crippen molar-refractivity contribution in [1.82, 2.24) is 0 Å². The fraction of sp³-hybridized carbons (Fsp3) is 0. The molecule has 1 aromatic carbocycles. The van der Waals surface area contributed by atoms with Crippen LogP contribution in [0.5, 0.6) is 0 Å². The van der Waals surface area contributed by atoms with Gasteiger partial charge >= 0.3 is 0 Å². The first-order chi connectivity index (χ1) is 6.54. The Morgan fingerprint density at radius 2 is 1.00 bits per heavy atom. The van der Waals surface area contributed by atoms with Gasteiger partial charge in [0, 0.05) is 17.1 Å². The Morgan fingerprint density at radius 1 is 0.688 bits per heavy atom. The van der Waals surface area contributed by atoms with Gasteiger partial charge in [-0.2, -0.15) is 10.5 Å². The van der Waals surface area contributed by atoms with Crippen molar-refractivity contribution in [2.75, 3.05) is 0 Å². The number of nitrogens with zero attached hydrogens (tertiary/aromatic N) is 2. The fourth-order valence-electron chi connectivity index (χ4n) is 0.830. The first kappa shape index (κ1) is 18.2. The second kappa shape index (κ2) is 7.22. The van der Waals surface area contributed by atoms with Gasteiger partial charge < -0.3 is 5.48 Å². The van der Waals surface area contributed by atoms with Crippen molar-refractivity contribution < 1.29 is 22.5 Å². The van der Waals surface area contributed by atoms with Gasteiger partial charge in [0.2, 0.25) is 0 Å². The summed E-state index contributed by atoms with van der Waals surface area (Å²) in [4.78, 5) is 0. The third-order valence-electron chi connectivity index (χ3n) is 1.49. The maximum Gasteiger partial charge on any atom is 0.102 e. The molecule has 1 radical (unpaired) electrons. The quantitative estimate of drug-likeness (QED) is 0.410. The normalized spacial score (nSPS) is 8.12. The van der Waals surface area contributed by atoms with E-state index in [0.29, 0.717) is 0 Å². The van der Waals surface area contributed by atoms with Crippen molar-refractivity contribution in [3.05, 3.63) is 31.2 Å². The van der Waals surface area contributed by atoms with E-state index in [0.717, 1.165) is 0 Å². The zero-order valence-electron chi connectivity index (χ0n) is 7.21. The molecule has 0 heterocycles. The van der Waals surface area contributed by atoms with Gasteiger partial charge in [-0.15, -0.1) is 0 Å². The minimum absolute atomic E-state index is 0. The summed E-state index contributed by atoms with van der Waals surface area (Å²) in [5, 5.41) is 17.2. The second-order valence-corrected chi connectivity index (χ2v) is 3.74. The summed E-state index contributed by atoms with van der Waals surface area (Å²) in [7, 11) is 0. The summed E-state index contributed by atoms with van der Waals surface area (Å²) in [6, 6.07) is 3.50. The monoisotopic (exact) mass is 345 g/mol. The van der Waals surface area contributed by atoms with Gasteiger partial charge in [-0.25, -0.2) is 0 Å². The predicted octanol–water partition coefficient (Wildman–Crippen LogP) is 3.22. The van der Waals surface area contributed by atoms with Crippen LogP contribution >= 0.6 is 46.4 Å². The minimum atomic E-state index is -0.0746. The topological polar surface area (TPSA) is 79.1 Å². The van der Waals surface area contributed by atoms with Crippen molar-refractivity contribution in [3.63, 3.8) is 0 Å². The van der Waals surface area contributed by atoms with Crippen LogP contribution in [0.15, 0.2) is 0 Å². The van der Waals surface area contributed by atoms with Crippen LogP contribution < -0.4 is 0 Å². The van der Waals surface area contributed by atoms with Crippen molar-refractivity contribution >= 4 is 46.4 Å². The van der Waals surface area contributed by atoms with Crippen molar-refractivity contribution in [2.45, 2.75) is 0 Å². The molecule has 0 aromatic heterocycles. The van der Waals surface area contributed by atoms with E-state index in [2.05, 4.69) is 0 Å². The van der Waals surface area contributed by atoms with Crippen LogP contribution in [0.3, 0.4) is 0 Å². The van der Waals surface area contributed by atoms with Crippen LogP contribution in [0, 0.1) is 22.7 Å². The summed E-state index contributed by atoms with van der Waals surface area (Å²) < 4.78 is 0. The number of halogens is 4. The van der Waals surface area contributed by atoms with Gasteiger partial charge in [0.1, 0.15) is 12.1 Å². The second-order valence-electron chi connectivity index (χ2n) is 2.23. The van der Waals surface area contributed by atoms with Gasteiger partial charge in [-0.3, -0.25) is 0 Å². The Bertz CT molecular complexity index is 451. The van der Waals surface area contributed by atoms with Crippen LogP contribution in [-0.2, 0) is 17.1 Å². The Hall–Kier alpha value is -0.161. The molecule has 8 heteroatoms. The fourth-order valence-corrected chi connectivity index (χ4v) is 1.90. The van der Waals surface area contributed by atoms with Gasteiger partial charge in [0.05, 0.1) is 31.2 Å². The van der Waals surface area contributed by atoms with Crippen LogP contribution in [0.25, 0.3) is 0 Å². The van der Waals surface area contributed by atoms with E-state index in [4.69, 9.17) is 56.9 Å². The first-order valence-electron chi connectivity index (χ1n) is 3.20. The Kier molecular flexibility index (Phi) is 8.22. The molecular weight excluding hydrogens is 345 g/mol. The zero-order valence-corrected chi connectivity index (χ0v) is 11.2. The molecule has 0 fully saturated rings. The third kappa shape index (κ3) is 2.94. The van der Waals surface area contributed by atoms with E-state index < -0.39 is 0 Å². The number of benzene rings is 1. The molecule has 0 aliphatic carbocycles. The van der Waals surface area contributed by atoms with Gasteiger partial charge in [-0.05, 0) is 0 Å². The van der Waals surface area contributed by atoms with E-state index >= 15 is 0 Å². The maximum absolute atomic E-state index is 8.70. The van der Waals surface area contributed by atoms with Crippen LogP contribution in [0.1, 0.15) is 11.1 Å². The van der Waals surface area contributed by atoms with Gasteiger partial charge in [0.25, 0.3) is 0 Å². The molecule has 2 N–H and O–H groups in total. The molecule has 0 saturated carbocycles. The first-order valence-corrected chi connectivity index (χ1v) is 4.72. The number of hydrogen-bond donors (Lipinski definition) is 0. The largest absolute Gasteiger partial charge is 0.412 e. The molecule has 3 nitrogen and oxygen atoms in total. The summed E-state index contributed by atoms with van der Waals surface area (Å²) in [6.45, 7) is 0. The predicted molar refractivity (Wildman–Crippen MR) is 59.5 cm³/mol. The van der Waals surface area contributed by atoms with Crippen LogP contribution in [-0.4, -0.2) is 5.48 Å². The molecular formula is C8H2Cl4CuN2O. The average Bonchev–Trinajstić information content (AvgIpc) is 2.16. The number of rotatable bonds is 0. The SMILES string of the molecule is N#Cc1c(Cl)c(Cl)c(Cl)c(C#N)c1Cl.O.[Cu]. The van der Waals surface area contributed by atoms with E-state index in [-0.39, 0.29) is 53.8 Å². The molecule has 0 unspecified atom stereocenters. The van der Waals surface area contributed by atoms with E-state index in [9.17, 15) is 0 Å². The smallest absolute Gasteiger partial charge is 0.102 e. The number of hydrogen-bond acceptors (Lipinski definition) is 2. The van der Waals surface area contributed by atoms with E-state index in [1.165, 1.54) is 0 Å². The van der Waals surface area contributed by atoms with Gasteiger partial charge in [-0.1, -0.05) is 46.4 Å². The van der Waals surface area contributed by atoms with Crippen molar-refractivity contribution in [1.29, 1.82) is 10.5 Å².